The lowest BCUT2D eigenvalue weighted by Gasteiger charge is -2.38. The lowest BCUT2D eigenvalue weighted by atomic mass is 9.81. The molecule has 0 unspecified atom stereocenters. The Bertz CT molecular complexity index is 930. The van der Waals surface area contributed by atoms with Crippen LogP contribution < -0.4 is 16.4 Å². The Morgan fingerprint density at radius 1 is 1.15 bits per heavy atom. The van der Waals surface area contributed by atoms with Gasteiger partial charge in [0.25, 0.3) is 11.8 Å². The van der Waals surface area contributed by atoms with Gasteiger partial charge in [0.15, 0.2) is 0 Å². The maximum absolute atomic E-state index is 13.9. The smallest absolute Gasteiger partial charge is 0.262 e. The van der Waals surface area contributed by atoms with Crippen LogP contribution in [0.2, 0.25) is 0 Å². The molecule has 2 aromatic rings. The molecule has 27 heavy (non-hydrogen) atoms. The summed E-state index contributed by atoms with van der Waals surface area (Å²) >= 11 is 1.22. The van der Waals surface area contributed by atoms with E-state index in [2.05, 4.69) is 24.5 Å². The van der Waals surface area contributed by atoms with Crippen molar-refractivity contribution in [3.05, 3.63) is 51.4 Å². The third kappa shape index (κ3) is 3.46. The fourth-order valence-electron chi connectivity index (χ4n) is 3.93. The lowest BCUT2D eigenvalue weighted by Crippen LogP contribution is -3.03. The Morgan fingerprint density at radius 3 is 2.30 bits per heavy atom. The number of anilines is 1. The molecule has 1 aromatic heterocycles. The van der Waals surface area contributed by atoms with E-state index in [1.54, 1.807) is 0 Å². The van der Waals surface area contributed by atoms with Crippen LogP contribution in [0.25, 0.3) is 0 Å². The van der Waals surface area contributed by atoms with Crippen molar-refractivity contribution >= 4 is 28.2 Å². The lowest BCUT2D eigenvalue weighted by molar-refractivity contribution is -0.789. The second-order valence-corrected chi connectivity index (χ2v) is 9.08. The molecule has 1 aliphatic heterocycles. The van der Waals surface area contributed by atoms with E-state index in [9.17, 15) is 18.4 Å². The third-order valence-corrected chi connectivity index (χ3v) is 6.13. The first kappa shape index (κ1) is 19.4. The minimum absolute atomic E-state index is 0.166. The SMILES string of the molecule is CC1(C)Cc2c(sc(NC(=O)c3c(F)cccc3F)c2C(N)=O)C(C)(C)[NH2+]1. The van der Waals surface area contributed by atoms with Crippen molar-refractivity contribution in [3.8, 4) is 0 Å². The van der Waals surface area contributed by atoms with Gasteiger partial charge in [-0.1, -0.05) is 6.07 Å². The first-order chi connectivity index (χ1) is 12.4. The summed E-state index contributed by atoms with van der Waals surface area (Å²) in [5.41, 5.74) is 5.41. The molecule has 144 valence electrons. The molecule has 0 fully saturated rings. The minimum Gasteiger partial charge on any atom is -0.365 e. The summed E-state index contributed by atoms with van der Waals surface area (Å²) in [5, 5.41) is 4.92. The molecular weight excluding hydrogens is 372 g/mol. The number of benzene rings is 1. The molecular formula is C19H22F2N3O2S+. The van der Waals surface area contributed by atoms with Crippen molar-refractivity contribution in [1.82, 2.24) is 0 Å². The molecule has 8 heteroatoms. The average Bonchev–Trinajstić information content (AvgIpc) is 2.83. The number of amides is 2. The van der Waals surface area contributed by atoms with E-state index < -0.39 is 29.0 Å². The summed E-state index contributed by atoms with van der Waals surface area (Å²) < 4.78 is 27.8. The number of rotatable bonds is 3. The Labute approximate surface area is 160 Å². The van der Waals surface area contributed by atoms with Gasteiger partial charge in [0, 0.05) is 6.42 Å². The van der Waals surface area contributed by atoms with Gasteiger partial charge in [-0.15, -0.1) is 11.3 Å². The molecule has 2 amide bonds. The quantitative estimate of drug-likeness (QED) is 0.747. The number of nitrogens with two attached hydrogens (primary N) is 2. The van der Waals surface area contributed by atoms with Gasteiger partial charge in [0.1, 0.15) is 27.7 Å². The third-order valence-electron chi connectivity index (χ3n) is 4.64. The van der Waals surface area contributed by atoms with Crippen molar-refractivity contribution in [2.75, 3.05) is 5.32 Å². The molecule has 3 rings (SSSR count). The van der Waals surface area contributed by atoms with E-state index in [1.807, 2.05) is 13.8 Å². The Morgan fingerprint density at radius 2 is 1.74 bits per heavy atom. The van der Waals surface area contributed by atoms with Gasteiger partial charge in [-0.05, 0) is 45.4 Å². The monoisotopic (exact) mass is 394 g/mol. The van der Waals surface area contributed by atoms with Gasteiger partial charge in [0.05, 0.1) is 16.0 Å². The van der Waals surface area contributed by atoms with Crippen molar-refractivity contribution in [2.45, 2.75) is 45.2 Å². The van der Waals surface area contributed by atoms with Crippen LogP contribution in [0.5, 0.6) is 0 Å². The zero-order valence-corrected chi connectivity index (χ0v) is 16.4. The minimum atomic E-state index is -0.968. The van der Waals surface area contributed by atoms with Gasteiger partial charge in [0.2, 0.25) is 0 Å². The van der Waals surface area contributed by atoms with Crippen LogP contribution in [0.15, 0.2) is 18.2 Å². The summed E-state index contributed by atoms with van der Waals surface area (Å²) in [5.74, 6) is -3.56. The second-order valence-electron chi connectivity index (χ2n) is 8.06. The Kier molecular flexibility index (Phi) is 4.60. The Balaban J connectivity index is 2.09. The second kappa shape index (κ2) is 6.38. The predicted octanol–water partition coefficient (Wildman–Crippen LogP) is 2.51. The number of carbonyl (C=O) groups is 2. The van der Waals surface area contributed by atoms with E-state index in [4.69, 9.17) is 5.73 Å². The van der Waals surface area contributed by atoms with Crippen LogP contribution in [-0.2, 0) is 12.0 Å². The number of carbonyl (C=O) groups excluding carboxylic acids is 2. The molecule has 0 saturated carbocycles. The number of hydrogen-bond acceptors (Lipinski definition) is 3. The first-order valence-corrected chi connectivity index (χ1v) is 9.33. The summed E-state index contributed by atoms with van der Waals surface area (Å²) in [6.45, 7) is 8.17. The number of thiophene rings is 1. The van der Waals surface area contributed by atoms with E-state index >= 15 is 0 Å². The van der Waals surface area contributed by atoms with Crippen molar-refractivity contribution in [1.29, 1.82) is 0 Å². The number of halogens is 2. The zero-order chi connectivity index (χ0) is 20.1. The molecule has 0 atom stereocenters. The Hall–Kier alpha value is -2.32. The fraction of sp³-hybridized carbons (Fsp3) is 0.368. The van der Waals surface area contributed by atoms with E-state index in [0.29, 0.717) is 6.42 Å². The van der Waals surface area contributed by atoms with Gasteiger partial charge < -0.3 is 16.4 Å². The van der Waals surface area contributed by atoms with Crippen molar-refractivity contribution in [3.63, 3.8) is 0 Å². The molecule has 0 aliphatic carbocycles. The normalized spacial score (nSPS) is 17.3. The highest BCUT2D eigenvalue weighted by atomic mass is 32.1. The summed E-state index contributed by atoms with van der Waals surface area (Å²) in [6.07, 6.45) is 0.588. The van der Waals surface area contributed by atoms with Crippen LogP contribution in [0, 0.1) is 11.6 Å². The highest BCUT2D eigenvalue weighted by Gasteiger charge is 2.45. The van der Waals surface area contributed by atoms with Gasteiger partial charge in [-0.25, -0.2) is 8.78 Å². The average molecular weight is 394 g/mol. The summed E-state index contributed by atoms with van der Waals surface area (Å²) in [7, 11) is 0. The summed E-state index contributed by atoms with van der Waals surface area (Å²) in [4.78, 5) is 25.6. The fourth-order valence-corrected chi connectivity index (χ4v) is 5.23. The molecule has 0 saturated heterocycles. The standard InChI is InChI=1S/C19H21F2N3O2S/c1-18(2)8-9-12(15(22)25)17(27-14(9)19(3,4)24-18)23-16(26)13-10(20)6-5-7-11(13)21/h5-7,24H,8H2,1-4H3,(H2,22,25)(H,23,26)/p+1. The van der Waals surface area contributed by atoms with E-state index in [1.165, 1.54) is 17.4 Å². The maximum atomic E-state index is 13.9. The van der Waals surface area contributed by atoms with Crippen LogP contribution in [0.3, 0.4) is 0 Å². The highest BCUT2D eigenvalue weighted by molar-refractivity contribution is 7.17. The van der Waals surface area contributed by atoms with Crippen LogP contribution in [-0.4, -0.2) is 17.4 Å². The van der Waals surface area contributed by atoms with Crippen LogP contribution in [0.1, 0.15) is 58.9 Å². The number of primary amides is 1. The van der Waals surface area contributed by atoms with Crippen molar-refractivity contribution in [2.24, 2.45) is 5.73 Å². The highest BCUT2D eigenvalue weighted by Crippen LogP contribution is 2.42. The maximum Gasteiger partial charge on any atom is 0.262 e. The van der Waals surface area contributed by atoms with E-state index in [-0.39, 0.29) is 21.6 Å². The summed E-state index contributed by atoms with van der Waals surface area (Å²) in [6, 6.07) is 3.20. The molecule has 0 spiro atoms. The molecule has 5 N–H and O–H groups in total. The number of fused-ring (bicyclic) bond motifs is 1. The van der Waals surface area contributed by atoms with Crippen LogP contribution >= 0.6 is 11.3 Å². The topological polar surface area (TPSA) is 88.8 Å². The van der Waals surface area contributed by atoms with Gasteiger partial charge in [-0.2, -0.15) is 0 Å². The van der Waals surface area contributed by atoms with Gasteiger partial charge >= 0.3 is 0 Å². The number of nitrogens with one attached hydrogen (secondary N) is 1. The molecule has 1 aliphatic rings. The molecule has 1 aromatic carbocycles. The number of quaternary nitrogens is 1. The zero-order valence-electron chi connectivity index (χ0n) is 15.6. The van der Waals surface area contributed by atoms with Crippen LogP contribution in [0.4, 0.5) is 13.8 Å². The van der Waals surface area contributed by atoms with Gasteiger partial charge in [-0.3, -0.25) is 9.59 Å². The molecule has 0 bridgehead atoms. The van der Waals surface area contributed by atoms with E-state index in [0.717, 1.165) is 22.6 Å². The molecule has 0 radical (unpaired) electrons. The predicted molar refractivity (Wildman–Crippen MR) is 99.9 cm³/mol. The number of hydrogen-bond donors (Lipinski definition) is 3. The molecule has 5 nitrogen and oxygen atoms in total. The largest absolute Gasteiger partial charge is 0.365 e. The molecule has 2 heterocycles. The van der Waals surface area contributed by atoms with Crippen molar-refractivity contribution < 1.29 is 23.7 Å². The first-order valence-electron chi connectivity index (χ1n) is 8.51.